The molecule has 0 bridgehead atoms. The van der Waals surface area contributed by atoms with Gasteiger partial charge in [-0.05, 0) is 30.8 Å². The molecule has 0 fully saturated rings. The zero-order valence-corrected chi connectivity index (χ0v) is 15.6. The molecule has 0 aliphatic rings. The Morgan fingerprint density at radius 3 is 2.76 bits per heavy atom. The Balaban J connectivity index is 1.44. The largest absolute Gasteiger partial charge is 0.355 e. The molecule has 0 aliphatic heterocycles. The van der Waals surface area contributed by atoms with Gasteiger partial charge in [0, 0.05) is 24.5 Å². The molecule has 4 nitrogen and oxygen atoms in total. The van der Waals surface area contributed by atoms with Gasteiger partial charge in [-0.3, -0.25) is 9.69 Å². The highest BCUT2D eigenvalue weighted by Crippen LogP contribution is 2.21. The van der Waals surface area contributed by atoms with Crippen molar-refractivity contribution in [2.45, 2.75) is 13.0 Å². The van der Waals surface area contributed by atoms with Gasteiger partial charge in [0.1, 0.15) is 0 Å². The zero-order chi connectivity index (χ0) is 17.6. The summed E-state index contributed by atoms with van der Waals surface area (Å²) in [6, 6.07) is 15.8. The van der Waals surface area contributed by atoms with Crippen molar-refractivity contribution in [3.8, 4) is 0 Å². The summed E-state index contributed by atoms with van der Waals surface area (Å²) < 4.78 is 1.18. The molecule has 0 aliphatic carbocycles. The molecular formula is C19H20ClN3OS. The van der Waals surface area contributed by atoms with Crippen LogP contribution in [0.15, 0.2) is 48.5 Å². The molecule has 1 aromatic heterocycles. The monoisotopic (exact) mass is 373 g/mol. The molecule has 130 valence electrons. The van der Waals surface area contributed by atoms with Crippen LogP contribution in [0.3, 0.4) is 0 Å². The lowest BCUT2D eigenvalue weighted by molar-refractivity contribution is -0.122. The Labute approximate surface area is 156 Å². The molecule has 1 amide bonds. The van der Waals surface area contributed by atoms with Gasteiger partial charge in [-0.25, -0.2) is 4.98 Å². The molecule has 0 unspecified atom stereocenters. The number of nitrogens with one attached hydrogen (secondary N) is 1. The molecule has 1 heterocycles. The second-order valence-corrected chi connectivity index (χ2v) is 7.46. The average molecular weight is 374 g/mol. The molecule has 3 aromatic rings. The minimum atomic E-state index is 0.00987. The fraction of sp³-hybridized carbons (Fsp3) is 0.263. The van der Waals surface area contributed by atoms with Crippen LogP contribution >= 0.6 is 22.9 Å². The van der Waals surface area contributed by atoms with Crippen LogP contribution in [0.5, 0.6) is 0 Å². The van der Waals surface area contributed by atoms with E-state index in [9.17, 15) is 4.79 Å². The van der Waals surface area contributed by atoms with E-state index in [0.717, 1.165) is 27.5 Å². The van der Waals surface area contributed by atoms with Crippen molar-refractivity contribution >= 4 is 39.1 Å². The maximum Gasteiger partial charge on any atom is 0.234 e. The van der Waals surface area contributed by atoms with Crippen LogP contribution in [-0.4, -0.2) is 35.9 Å². The van der Waals surface area contributed by atoms with Gasteiger partial charge in [0.05, 0.1) is 21.8 Å². The van der Waals surface area contributed by atoms with Crippen LogP contribution in [0.4, 0.5) is 0 Å². The molecule has 0 saturated carbocycles. The average Bonchev–Trinajstić information content (AvgIpc) is 2.99. The number of amides is 1. The van der Waals surface area contributed by atoms with E-state index in [4.69, 9.17) is 11.6 Å². The lowest BCUT2D eigenvalue weighted by atomic mass is 10.2. The summed E-state index contributed by atoms with van der Waals surface area (Å²) in [6.07, 6.45) is 0.749. The Hall–Kier alpha value is -1.95. The normalized spacial score (nSPS) is 11.2. The van der Waals surface area contributed by atoms with Crippen molar-refractivity contribution in [2.75, 3.05) is 20.1 Å². The standard InChI is InChI=1S/C19H20ClN3OS/c1-23(12-14-6-2-3-7-15(14)20)13-18(24)21-11-10-19-22-16-8-4-5-9-17(16)25-19/h2-9H,10-13H2,1H3,(H,21,24). The number of halogens is 1. The van der Waals surface area contributed by atoms with Crippen LogP contribution in [0, 0.1) is 0 Å². The number of benzene rings is 2. The topological polar surface area (TPSA) is 45.2 Å². The number of fused-ring (bicyclic) bond motifs is 1. The Kier molecular flexibility index (Phi) is 6.02. The summed E-state index contributed by atoms with van der Waals surface area (Å²) >= 11 is 7.84. The van der Waals surface area contributed by atoms with Crippen LogP contribution in [0.25, 0.3) is 10.2 Å². The first kappa shape index (κ1) is 17.9. The number of nitrogens with zero attached hydrogens (tertiary/aromatic N) is 2. The van der Waals surface area contributed by atoms with E-state index < -0.39 is 0 Å². The summed E-state index contributed by atoms with van der Waals surface area (Å²) in [4.78, 5) is 18.6. The lowest BCUT2D eigenvalue weighted by Crippen LogP contribution is -2.35. The minimum absolute atomic E-state index is 0.00987. The lowest BCUT2D eigenvalue weighted by Gasteiger charge is -2.17. The predicted molar refractivity (Wildman–Crippen MR) is 104 cm³/mol. The first-order chi connectivity index (χ1) is 12.1. The zero-order valence-electron chi connectivity index (χ0n) is 14.0. The second kappa shape index (κ2) is 8.43. The maximum absolute atomic E-state index is 12.1. The molecule has 0 atom stereocenters. The van der Waals surface area contributed by atoms with Gasteiger partial charge in [-0.2, -0.15) is 0 Å². The SMILES string of the molecule is CN(CC(=O)NCCc1nc2ccccc2s1)Cc1ccccc1Cl. The van der Waals surface area contributed by atoms with Gasteiger partial charge in [0.25, 0.3) is 0 Å². The summed E-state index contributed by atoms with van der Waals surface area (Å²) in [6.45, 7) is 1.58. The summed E-state index contributed by atoms with van der Waals surface area (Å²) in [7, 11) is 1.91. The fourth-order valence-corrected chi connectivity index (χ4v) is 3.77. The van der Waals surface area contributed by atoms with Crippen molar-refractivity contribution in [1.29, 1.82) is 0 Å². The molecule has 0 radical (unpaired) electrons. The molecular weight excluding hydrogens is 354 g/mol. The number of rotatable bonds is 7. The van der Waals surface area contributed by atoms with Crippen LogP contribution in [0.2, 0.25) is 5.02 Å². The van der Waals surface area contributed by atoms with Crippen LogP contribution in [0.1, 0.15) is 10.6 Å². The third-order valence-corrected chi connectivity index (χ3v) is 5.28. The molecule has 6 heteroatoms. The number of carbonyl (C=O) groups is 1. The first-order valence-corrected chi connectivity index (χ1v) is 9.34. The van der Waals surface area contributed by atoms with E-state index in [-0.39, 0.29) is 5.91 Å². The minimum Gasteiger partial charge on any atom is -0.355 e. The number of carbonyl (C=O) groups excluding carboxylic acids is 1. The highest BCUT2D eigenvalue weighted by atomic mass is 35.5. The maximum atomic E-state index is 12.1. The van der Waals surface area contributed by atoms with Crippen molar-refractivity contribution in [1.82, 2.24) is 15.2 Å². The molecule has 1 N–H and O–H groups in total. The highest BCUT2D eigenvalue weighted by Gasteiger charge is 2.09. The van der Waals surface area contributed by atoms with Gasteiger partial charge in [0.15, 0.2) is 0 Å². The highest BCUT2D eigenvalue weighted by molar-refractivity contribution is 7.18. The molecule has 25 heavy (non-hydrogen) atoms. The Bertz CT molecular complexity index is 832. The molecule has 0 saturated heterocycles. The number of thiazole rings is 1. The van der Waals surface area contributed by atoms with Gasteiger partial charge in [-0.15, -0.1) is 11.3 Å². The van der Waals surface area contributed by atoms with Crippen molar-refractivity contribution in [3.05, 3.63) is 64.1 Å². The van der Waals surface area contributed by atoms with Gasteiger partial charge in [-0.1, -0.05) is 41.9 Å². The molecule has 2 aromatic carbocycles. The number of hydrogen-bond acceptors (Lipinski definition) is 4. The number of aromatic nitrogens is 1. The third kappa shape index (κ3) is 5.01. The van der Waals surface area contributed by atoms with Crippen molar-refractivity contribution in [3.63, 3.8) is 0 Å². The van der Waals surface area contributed by atoms with Crippen molar-refractivity contribution in [2.24, 2.45) is 0 Å². The van der Waals surface area contributed by atoms with E-state index in [1.165, 1.54) is 4.70 Å². The van der Waals surface area contributed by atoms with Gasteiger partial charge in [0.2, 0.25) is 5.91 Å². The molecule has 3 rings (SSSR count). The fourth-order valence-electron chi connectivity index (χ4n) is 2.61. The Morgan fingerprint density at radius 1 is 1.20 bits per heavy atom. The van der Waals surface area contributed by atoms with Crippen LogP contribution < -0.4 is 5.32 Å². The smallest absolute Gasteiger partial charge is 0.234 e. The number of likely N-dealkylation sites (N-methyl/N-ethyl adjacent to an activating group) is 1. The van der Waals surface area contributed by atoms with E-state index in [2.05, 4.69) is 16.4 Å². The summed E-state index contributed by atoms with van der Waals surface area (Å²) in [5, 5.41) is 4.73. The molecule has 0 spiro atoms. The second-order valence-electron chi connectivity index (χ2n) is 5.94. The summed E-state index contributed by atoms with van der Waals surface area (Å²) in [5.41, 5.74) is 2.04. The van der Waals surface area contributed by atoms with E-state index in [0.29, 0.717) is 19.6 Å². The van der Waals surface area contributed by atoms with Crippen LogP contribution in [-0.2, 0) is 17.8 Å². The summed E-state index contributed by atoms with van der Waals surface area (Å²) in [5.74, 6) is 0.00987. The quantitative estimate of drug-likeness (QED) is 0.686. The third-order valence-electron chi connectivity index (χ3n) is 3.81. The Morgan fingerprint density at radius 2 is 1.96 bits per heavy atom. The van der Waals surface area contributed by atoms with Gasteiger partial charge >= 0.3 is 0 Å². The number of para-hydroxylation sites is 1. The first-order valence-electron chi connectivity index (χ1n) is 8.15. The van der Waals surface area contributed by atoms with Crippen molar-refractivity contribution < 1.29 is 4.79 Å². The van der Waals surface area contributed by atoms with E-state index in [1.807, 2.05) is 54.4 Å². The number of hydrogen-bond donors (Lipinski definition) is 1. The van der Waals surface area contributed by atoms with Gasteiger partial charge < -0.3 is 5.32 Å². The van der Waals surface area contributed by atoms with E-state index >= 15 is 0 Å². The van der Waals surface area contributed by atoms with E-state index in [1.54, 1.807) is 11.3 Å². The predicted octanol–water partition coefficient (Wildman–Crippen LogP) is 3.74.